The van der Waals surface area contributed by atoms with Crippen molar-refractivity contribution in [2.45, 2.75) is 18.8 Å². The van der Waals surface area contributed by atoms with Crippen molar-refractivity contribution >= 4 is 29.1 Å². The fraction of sp³-hybridized carbons (Fsp3) is 0.312. The lowest BCUT2D eigenvalue weighted by atomic mass is 9.90. The Morgan fingerprint density at radius 1 is 1.29 bits per heavy atom. The van der Waals surface area contributed by atoms with Crippen molar-refractivity contribution in [1.29, 1.82) is 0 Å². The zero-order valence-electron chi connectivity index (χ0n) is 12.0. The number of benzene rings is 2. The van der Waals surface area contributed by atoms with E-state index in [0.29, 0.717) is 19.4 Å². The molecule has 0 aromatic heterocycles. The third-order valence-electron chi connectivity index (χ3n) is 3.59. The lowest BCUT2D eigenvalue weighted by molar-refractivity contribution is -0.118. The summed E-state index contributed by atoms with van der Waals surface area (Å²) in [6.07, 6.45) is 1.02. The highest BCUT2D eigenvalue weighted by Crippen LogP contribution is 2.30. The number of hydrogen-bond donors (Lipinski definition) is 2. The number of nitrogens with two attached hydrogens (primary N) is 2. The van der Waals surface area contributed by atoms with Gasteiger partial charge in [-0.3, -0.25) is 4.79 Å². The molecule has 0 aliphatic heterocycles. The number of rotatable bonds is 6. The van der Waals surface area contributed by atoms with Crippen LogP contribution in [0, 0.1) is 0 Å². The smallest absolute Gasteiger partial charge is 0.217 e. The van der Waals surface area contributed by atoms with Crippen LogP contribution >= 0.6 is 12.4 Å². The van der Waals surface area contributed by atoms with Crippen molar-refractivity contribution in [3.63, 3.8) is 0 Å². The van der Waals surface area contributed by atoms with Gasteiger partial charge in [-0.1, -0.05) is 24.3 Å². The van der Waals surface area contributed by atoms with Gasteiger partial charge in [-0.2, -0.15) is 0 Å². The molecule has 21 heavy (non-hydrogen) atoms. The topological polar surface area (TPSA) is 78.3 Å². The Balaban J connectivity index is 0.00000220. The Kier molecular flexibility index (Phi) is 6.46. The first-order chi connectivity index (χ1) is 9.65. The molecule has 4 nitrogen and oxygen atoms in total. The molecule has 114 valence electrons. The van der Waals surface area contributed by atoms with Gasteiger partial charge in [0.05, 0.1) is 7.11 Å². The Hall–Kier alpha value is -1.78. The monoisotopic (exact) mass is 308 g/mol. The molecule has 0 radical (unpaired) electrons. The first-order valence-electron chi connectivity index (χ1n) is 6.70. The van der Waals surface area contributed by atoms with Crippen molar-refractivity contribution in [3.05, 3.63) is 42.0 Å². The minimum absolute atomic E-state index is 0. The molecule has 0 saturated carbocycles. The Morgan fingerprint density at radius 2 is 2.05 bits per heavy atom. The quantitative estimate of drug-likeness (QED) is 0.861. The maximum Gasteiger partial charge on any atom is 0.217 e. The maximum absolute atomic E-state index is 11.0. The molecule has 0 heterocycles. The van der Waals surface area contributed by atoms with Crippen molar-refractivity contribution in [2.75, 3.05) is 13.7 Å². The Labute approximate surface area is 130 Å². The zero-order valence-corrected chi connectivity index (χ0v) is 12.9. The zero-order chi connectivity index (χ0) is 14.5. The van der Waals surface area contributed by atoms with E-state index in [-0.39, 0.29) is 24.2 Å². The molecule has 2 aromatic rings. The van der Waals surface area contributed by atoms with Gasteiger partial charge in [-0.25, -0.2) is 0 Å². The summed E-state index contributed by atoms with van der Waals surface area (Å²) in [6, 6.07) is 12.1. The van der Waals surface area contributed by atoms with Crippen LogP contribution < -0.4 is 16.2 Å². The van der Waals surface area contributed by atoms with Crippen LogP contribution in [0.5, 0.6) is 5.75 Å². The largest absolute Gasteiger partial charge is 0.497 e. The number of primary amides is 1. The number of amides is 1. The second kappa shape index (κ2) is 7.86. The standard InChI is InChI=1S/C16H20N2O2.ClH/c1-20-13-7-5-11-3-2-4-14(15(11)9-13)12(10-17)6-8-16(18)19;/h2-5,7,9,12H,6,8,10,17H2,1H3,(H2,18,19);1H. The summed E-state index contributed by atoms with van der Waals surface area (Å²) in [5, 5.41) is 2.26. The van der Waals surface area contributed by atoms with Crippen molar-refractivity contribution in [2.24, 2.45) is 11.5 Å². The number of halogens is 1. The summed E-state index contributed by atoms with van der Waals surface area (Å²) in [7, 11) is 1.65. The minimum Gasteiger partial charge on any atom is -0.497 e. The van der Waals surface area contributed by atoms with E-state index in [1.165, 1.54) is 0 Å². The molecule has 0 spiro atoms. The van der Waals surface area contributed by atoms with E-state index in [1.807, 2.05) is 24.3 Å². The molecule has 1 unspecified atom stereocenters. The van der Waals surface area contributed by atoms with Gasteiger partial charge in [0.1, 0.15) is 5.75 Å². The second-order valence-corrected chi connectivity index (χ2v) is 4.87. The number of ether oxygens (including phenoxy) is 1. The predicted octanol–water partition coefficient (Wildman–Crippen LogP) is 2.58. The van der Waals surface area contributed by atoms with Gasteiger partial charge in [-0.15, -0.1) is 12.4 Å². The van der Waals surface area contributed by atoms with Gasteiger partial charge in [0.25, 0.3) is 0 Å². The van der Waals surface area contributed by atoms with Crippen LogP contribution in [-0.2, 0) is 4.79 Å². The maximum atomic E-state index is 11.0. The normalized spacial score (nSPS) is 11.7. The van der Waals surface area contributed by atoms with Crippen LogP contribution in [-0.4, -0.2) is 19.6 Å². The number of carbonyl (C=O) groups is 1. The van der Waals surface area contributed by atoms with Crippen molar-refractivity contribution in [3.8, 4) is 5.75 Å². The Bertz CT molecular complexity index is 616. The van der Waals surface area contributed by atoms with Crippen LogP contribution in [0.2, 0.25) is 0 Å². The molecule has 0 saturated heterocycles. The lowest BCUT2D eigenvalue weighted by Gasteiger charge is -2.17. The predicted molar refractivity (Wildman–Crippen MR) is 88.0 cm³/mol. The summed E-state index contributed by atoms with van der Waals surface area (Å²) in [6.45, 7) is 0.490. The fourth-order valence-electron chi connectivity index (χ4n) is 2.48. The molecule has 2 aromatic carbocycles. The third kappa shape index (κ3) is 4.09. The van der Waals surface area contributed by atoms with E-state index < -0.39 is 0 Å². The molecular weight excluding hydrogens is 288 g/mol. The van der Waals surface area contributed by atoms with Gasteiger partial charge in [0.2, 0.25) is 5.91 Å². The van der Waals surface area contributed by atoms with Gasteiger partial charge in [-0.05, 0) is 47.4 Å². The van der Waals surface area contributed by atoms with E-state index in [4.69, 9.17) is 16.2 Å². The summed E-state index contributed by atoms with van der Waals surface area (Å²) in [5.41, 5.74) is 12.2. The molecule has 5 heteroatoms. The second-order valence-electron chi connectivity index (χ2n) is 4.87. The highest BCUT2D eigenvalue weighted by atomic mass is 35.5. The average molecular weight is 309 g/mol. The fourth-order valence-corrected chi connectivity index (χ4v) is 2.48. The number of fused-ring (bicyclic) bond motifs is 1. The molecular formula is C16H21ClN2O2. The summed E-state index contributed by atoms with van der Waals surface area (Å²) in [4.78, 5) is 11.0. The van der Waals surface area contributed by atoms with E-state index in [1.54, 1.807) is 7.11 Å². The van der Waals surface area contributed by atoms with E-state index in [2.05, 4.69) is 12.1 Å². The lowest BCUT2D eigenvalue weighted by Crippen LogP contribution is -2.17. The van der Waals surface area contributed by atoms with Crippen molar-refractivity contribution in [1.82, 2.24) is 0 Å². The van der Waals surface area contributed by atoms with E-state index in [9.17, 15) is 4.79 Å². The third-order valence-corrected chi connectivity index (χ3v) is 3.59. The van der Waals surface area contributed by atoms with Gasteiger partial charge in [0.15, 0.2) is 0 Å². The first-order valence-corrected chi connectivity index (χ1v) is 6.70. The SMILES string of the molecule is COc1ccc2cccc(C(CN)CCC(N)=O)c2c1.Cl. The summed E-state index contributed by atoms with van der Waals surface area (Å²) in [5.74, 6) is 0.648. The van der Waals surface area contributed by atoms with Crippen LogP contribution in [0.4, 0.5) is 0 Å². The highest BCUT2D eigenvalue weighted by Gasteiger charge is 2.14. The van der Waals surface area contributed by atoms with E-state index >= 15 is 0 Å². The van der Waals surface area contributed by atoms with Gasteiger partial charge < -0.3 is 16.2 Å². The minimum atomic E-state index is -0.290. The highest BCUT2D eigenvalue weighted by molar-refractivity contribution is 5.87. The average Bonchev–Trinajstić information content (AvgIpc) is 2.47. The number of methoxy groups -OCH3 is 1. The van der Waals surface area contributed by atoms with Crippen LogP contribution in [0.1, 0.15) is 24.3 Å². The van der Waals surface area contributed by atoms with Crippen LogP contribution in [0.25, 0.3) is 10.8 Å². The summed E-state index contributed by atoms with van der Waals surface area (Å²) >= 11 is 0. The molecule has 1 amide bonds. The molecule has 0 aliphatic carbocycles. The van der Waals surface area contributed by atoms with E-state index in [0.717, 1.165) is 22.1 Å². The van der Waals surface area contributed by atoms with Gasteiger partial charge in [0, 0.05) is 6.42 Å². The molecule has 4 N–H and O–H groups in total. The number of hydrogen-bond acceptors (Lipinski definition) is 3. The van der Waals surface area contributed by atoms with Gasteiger partial charge >= 0.3 is 0 Å². The molecule has 0 fully saturated rings. The molecule has 0 aliphatic rings. The number of carbonyl (C=O) groups excluding carboxylic acids is 1. The Morgan fingerprint density at radius 3 is 2.67 bits per heavy atom. The molecule has 2 rings (SSSR count). The molecule has 1 atom stereocenters. The van der Waals surface area contributed by atoms with Crippen LogP contribution in [0.3, 0.4) is 0 Å². The molecule has 0 bridgehead atoms. The van der Waals surface area contributed by atoms with Crippen molar-refractivity contribution < 1.29 is 9.53 Å². The van der Waals surface area contributed by atoms with Crippen LogP contribution in [0.15, 0.2) is 36.4 Å². The first kappa shape index (κ1) is 17.3. The summed E-state index contributed by atoms with van der Waals surface area (Å²) < 4.78 is 5.28.